The van der Waals surface area contributed by atoms with Crippen LogP contribution >= 0.6 is 0 Å². The van der Waals surface area contributed by atoms with Crippen LogP contribution in [0.25, 0.3) is 0 Å². The van der Waals surface area contributed by atoms with E-state index < -0.39 is 0 Å². The molecule has 3 aliphatic rings. The predicted octanol–water partition coefficient (Wildman–Crippen LogP) is 2.07. The van der Waals surface area contributed by atoms with E-state index in [1.54, 1.807) is 6.20 Å². The van der Waals surface area contributed by atoms with Crippen molar-refractivity contribution in [3.63, 3.8) is 0 Å². The van der Waals surface area contributed by atoms with Crippen LogP contribution in [-0.4, -0.2) is 59.1 Å². The van der Waals surface area contributed by atoms with Gasteiger partial charge in [0.2, 0.25) is 5.91 Å². The summed E-state index contributed by atoms with van der Waals surface area (Å²) in [6.07, 6.45) is 8.86. The summed E-state index contributed by atoms with van der Waals surface area (Å²) >= 11 is 0. The van der Waals surface area contributed by atoms with E-state index in [9.17, 15) is 4.79 Å². The molecule has 0 bridgehead atoms. The van der Waals surface area contributed by atoms with Gasteiger partial charge in [-0.25, -0.2) is 0 Å². The fourth-order valence-electron chi connectivity index (χ4n) is 4.62. The maximum Gasteiger partial charge on any atom is 0.223 e. The molecule has 24 heavy (non-hydrogen) atoms. The van der Waals surface area contributed by atoms with E-state index in [4.69, 9.17) is 4.74 Å². The Morgan fingerprint density at radius 2 is 2.04 bits per heavy atom. The van der Waals surface area contributed by atoms with Crippen molar-refractivity contribution in [2.24, 2.45) is 5.92 Å². The Morgan fingerprint density at radius 1 is 1.17 bits per heavy atom. The minimum absolute atomic E-state index is 0.313. The van der Waals surface area contributed by atoms with E-state index in [0.717, 1.165) is 44.1 Å². The molecule has 4 rings (SSSR count). The van der Waals surface area contributed by atoms with Crippen molar-refractivity contribution in [3.8, 4) is 0 Å². The molecule has 130 valence electrons. The highest BCUT2D eigenvalue weighted by Gasteiger charge is 2.43. The lowest BCUT2D eigenvalue weighted by Gasteiger charge is -2.41. The first-order valence-corrected chi connectivity index (χ1v) is 9.31. The van der Waals surface area contributed by atoms with Crippen LogP contribution in [0.3, 0.4) is 0 Å². The zero-order valence-electron chi connectivity index (χ0n) is 14.3. The molecule has 4 heterocycles. The molecule has 5 nitrogen and oxygen atoms in total. The molecule has 0 unspecified atom stereocenters. The molecule has 0 saturated carbocycles. The van der Waals surface area contributed by atoms with Gasteiger partial charge < -0.3 is 9.64 Å². The highest BCUT2D eigenvalue weighted by Crippen LogP contribution is 2.33. The van der Waals surface area contributed by atoms with E-state index in [2.05, 4.69) is 20.9 Å². The molecule has 2 atom stereocenters. The van der Waals surface area contributed by atoms with Gasteiger partial charge in [-0.05, 0) is 43.2 Å². The minimum atomic E-state index is 0.313. The number of ether oxygens (including phenoxy) is 1. The van der Waals surface area contributed by atoms with Gasteiger partial charge in [0, 0.05) is 63.7 Å². The summed E-state index contributed by atoms with van der Waals surface area (Å²) in [6, 6.07) is 4.94. The van der Waals surface area contributed by atoms with Crippen molar-refractivity contribution in [1.82, 2.24) is 14.8 Å². The molecule has 0 spiro atoms. The first kappa shape index (κ1) is 16.0. The van der Waals surface area contributed by atoms with E-state index in [1.165, 1.54) is 19.4 Å². The van der Waals surface area contributed by atoms with Gasteiger partial charge in [0.05, 0.1) is 0 Å². The van der Waals surface area contributed by atoms with Gasteiger partial charge in [0.25, 0.3) is 0 Å². The van der Waals surface area contributed by atoms with Gasteiger partial charge in [0.15, 0.2) is 0 Å². The summed E-state index contributed by atoms with van der Waals surface area (Å²) < 4.78 is 5.49. The van der Waals surface area contributed by atoms with Crippen LogP contribution in [0.1, 0.15) is 37.7 Å². The van der Waals surface area contributed by atoms with Crippen LogP contribution in [0.4, 0.5) is 0 Å². The number of aromatic nitrogens is 1. The largest absolute Gasteiger partial charge is 0.381 e. The molecule has 5 heteroatoms. The Balaban J connectivity index is 1.42. The van der Waals surface area contributed by atoms with Gasteiger partial charge in [-0.15, -0.1) is 0 Å². The number of amides is 1. The number of likely N-dealkylation sites (tertiary alicyclic amines) is 2. The number of piperidine rings is 1. The predicted molar refractivity (Wildman–Crippen MR) is 91.3 cm³/mol. The Bertz CT molecular complexity index is 559. The summed E-state index contributed by atoms with van der Waals surface area (Å²) in [5, 5.41) is 0. The zero-order valence-corrected chi connectivity index (χ0v) is 14.3. The highest BCUT2D eigenvalue weighted by molar-refractivity contribution is 5.77. The maximum atomic E-state index is 12.5. The van der Waals surface area contributed by atoms with Crippen LogP contribution in [-0.2, 0) is 16.1 Å². The molecule has 1 amide bonds. The fourth-order valence-corrected chi connectivity index (χ4v) is 4.62. The number of pyridine rings is 1. The van der Waals surface area contributed by atoms with Crippen molar-refractivity contribution >= 4 is 5.91 Å². The average molecular weight is 329 g/mol. The summed E-state index contributed by atoms with van der Waals surface area (Å²) in [5.41, 5.74) is 1.13. The normalized spacial score (nSPS) is 29.0. The molecular weight excluding hydrogens is 302 g/mol. The summed E-state index contributed by atoms with van der Waals surface area (Å²) in [7, 11) is 0. The molecule has 1 aromatic rings. The summed E-state index contributed by atoms with van der Waals surface area (Å²) in [4.78, 5) is 21.5. The number of hydrogen-bond acceptors (Lipinski definition) is 4. The van der Waals surface area contributed by atoms with Crippen LogP contribution < -0.4 is 0 Å². The standard InChI is InChI=1S/C19H27N3O2/c23-19-4-3-17-18(22(19)14-16-2-1-8-20-12-16)5-9-21(17)13-15-6-10-24-11-7-15/h1-2,8,12,15,17-18H,3-7,9-11,13-14H2/t17-,18-/m1/s1. The SMILES string of the molecule is O=C1CC[C@@H]2[C@@H](CCN2CC2CCOCC2)N1Cc1cccnc1. The molecular formula is C19H27N3O2. The molecule has 0 radical (unpaired) electrons. The topological polar surface area (TPSA) is 45.7 Å². The monoisotopic (exact) mass is 329 g/mol. The second kappa shape index (κ2) is 7.19. The first-order valence-electron chi connectivity index (χ1n) is 9.31. The molecule has 3 saturated heterocycles. The number of fused-ring (bicyclic) bond motifs is 1. The molecule has 0 N–H and O–H groups in total. The molecule has 0 aliphatic carbocycles. The zero-order chi connectivity index (χ0) is 16.4. The van der Waals surface area contributed by atoms with E-state index >= 15 is 0 Å². The molecule has 1 aromatic heterocycles. The Hall–Kier alpha value is -1.46. The second-order valence-electron chi connectivity index (χ2n) is 7.40. The maximum absolute atomic E-state index is 12.5. The van der Waals surface area contributed by atoms with Crippen molar-refractivity contribution in [1.29, 1.82) is 0 Å². The fraction of sp³-hybridized carbons (Fsp3) is 0.684. The lowest BCUT2D eigenvalue weighted by molar-refractivity contribution is -0.138. The van der Waals surface area contributed by atoms with Gasteiger partial charge in [0.1, 0.15) is 0 Å². The second-order valence-corrected chi connectivity index (χ2v) is 7.40. The van der Waals surface area contributed by atoms with Crippen LogP contribution in [0.2, 0.25) is 0 Å². The highest BCUT2D eigenvalue weighted by atomic mass is 16.5. The number of carbonyl (C=O) groups is 1. The van der Waals surface area contributed by atoms with E-state index in [1.807, 2.05) is 12.3 Å². The summed E-state index contributed by atoms with van der Waals surface area (Å²) in [6.45, 7) is 4.85. The third kappa shape index (κ3) is 3.33. The van der Waals surface area contributed by atoms with Crippen LogP contribution in [0.15, 0.2) is 24.5 Å². The van der Waals surface area contributed by atoms with Crippen molar-refractivity contribution in [2.45, 2.75) is 50.7 Å². The minimum Gasteiger partial charge on any atom is -0.381 e. The third-order valence-electron chi connectivity index (χ3n) is 5.91. The van der Waals surface area contributed by atoms with Gasteiger partial charge >= 0.3 is 0 Å². The Morgan fingerprint density at radius 3 is 2.83 bits per heavy atom. The van der Waals surface area contributed by atoms with Crippen LogP contribution in [0, 0.1) is 5.92 Å². The van der Waals surface area contributed by atoms with Crippen LogP contribution in [0.5, 0.6) is 0 Å². The number of nitrogens with zero attached hydrogens (tertiary/aromatic N) is 3. The van der Waals surface area contributed by atoms with Crippen molar-refractivity contribution in [3.05, 3.63) is 30.1 Å². The van der Waals surface area contributed by atoms with Gasteiger partial charge in [-0.3, -0.25) is 14.7 Å². The van der Waals surface area contributed by atoms with Gasteiger partial charge in [-0.1, -0.05) is 6.07 Å². The number of rotatable bonds is 4. The summed E-state index contributed by atoms with van der Waals surface area (Å²) in [5.74, 6) is 1.08. The Kier molecular flexibility index (Phi) is 4.81. The average Bonchev–Trinajstić information content (AvgIpc) is 3.02. The van der Waals surface area contributed by atoms with E-state index in [0.29, 0.717) is 31.0 Å². The van der Waals surface area contributed by atoms with Gasteiger partial charge in [-0.2, -0.15) is 0 Å². The quantitative estimate of drug-likeness (QED) is 0.848. The lowest BCUT2D eigenvalue weighted by atomic mass is 9.94. The third-order valence-corrected chi connectivity index (χ3v) is 5.91. The molecule has 3 aliphatic heterocycles. The van der Waals surface area contributed by atoms with Crippen molar-refractivity contribution < 1.29 is 9.53 Å². The molecule has 0 aromatic carbocycles. The lowest BCUT2D eigenvalue weighted by Crippen LogP contribution is -2.52. The first-order chi connectivity index (χ1) is 11.8. The Labute approximate surface area is 144 Å². The number of hydrogen-bond donors (Lipinski definition) is 0. The number of carbonyl (C=O) groups excluding carboxylic acids is 1. The van der Waals surface area contributed by atoms with E-state index in [-0.39, 0.29) is 0 Å². The van der Waals surface area contributed by atoms with Crippen molar-refractivity contribution in [2.75, 3.05) is 26.3 Å². The molecule has 3 fully saturated rings. The smallest absolute Gasteiger partial charge is 0.223 e.